The molecule has 0 saturated heterocycles. The first-order valence-corrected chi connectivity index (χ1v) is 12.2. The fraction of sp³-hybridized carbons (Fsp3) is 0.130. The molecule has 2 aromatic heterocycles. The number of hydrogen-bond donors (Lipinski definition) is 2. The van der Waals surface area contributed by atoms with Crippen LogP contribution in [0.1, 0.15) is 39.0 Å². The number of aromatic nitrogens is 2. The molecule has 0 radical (unpaired) electrons. The summed E-state index contributed by atoms with van der Waals surface area (Å²) in [6.45, 7) is 1.36. The van der Waals surface area contributed by atoms with E-state index in [-0.39, 0.29) is 31.9 Å². The van der Waals surface area contributed by atoms with Crippen LogP contribution in [0.4, 0.5) is 13.2 Å². The van der Waals surface area contributed by atoms with E-state index in [1.165, 1.54) is 37.3 Å². The Hall–Kier alpha value is -3.12. The molecule has 36 heavy (non-hydrogen) atoms. The Kier molecular flexibility index (Phi) is 6.54. The number of aliphatic hydroxyl groups is 1. The highest BCUT2D eigenvalue weighted by Crippen LogP contribution is 2.41. The summed E-state index contributed by atoms with van der Waals surface area (Å²) in [6, 6.07) is 9.61. The molecular formula is C23H15Cl2F3N2O5S. The van der Waals surface area contributed by atoms with Crippen molar-refractivity contribution in [3.8, 4) is 0 Å². The molecular weight excluding hydrogens is 544 g/mol. The summed E-state index contributed by atoms with van der Waals surface area (Å²) in [5.74, 6) is -1.53. The molecule has 188 valence electrons. The smallest absolute Gasteiger partial charge is 0.416 e. The Labute approximate surface area is 212 Å². The number of benzene rings is 2. The minimum absolute atomic E-state index is 0.0911. The summed E-state index contributed by atoms with van der Waals surface area (Å²) in [6.07, 6.45) is -5.82. The molecule has 0 fully saturated rings. The van der Waals surface area contributed by atoms with Gasteiger partial charge in [-0.3, -0.25) is 0 Å². The van der Waals surface area contributed by atoms with Gasteiger partial charge in [0.05, 0.1) is 31.7 Å². The SMILES string of the molecule is Cc1cc(C(F)(F)F)cc2c1cc(C(O)c1c(Cl)cnc(C(=O)O)c1Cl)n2S(=O)(=O)c1ccccc1. The van der Waals surface area contributed by atoms with Crippen LogP contribution in [0.3, 0.4) is 0 Å². The number of carboxylic acids is 1. The first kappa shape index (κ1) is 26.0. The lowest BCUT2D eigenvalue weighted by molar-refractivity contribution is -0.137. The van der Waals surface area contributed by atoms with Gasteiger partial charge in [0.15, 0.2) is 5.69 Å². The monoisotopic (exact) mass is 558 g/mol. The third kappa shape index (κ3) is 4.32. The normalized spacial score (nSPS) is 13.2. The van der Waals surface area contributed by atoms with Crippen LogP contribution in [-0.2, 0) is 16.2 Å². The quantitative estimate of drug-likeness (QED) is 0.325. The number of pyridine rings is 1. The van der Waals surface area contributed by atoms with E-state index >= 15 is 0 Å². The van der Waals surface area contributed by atoms with Gasteiger partial charge in [-0.05, 0) is 42.8 Å². The minimum Gasteiger partial charge on any atom is -0.476 e. The Bertz CT molecular complexity index is 1620. The van der Waals surface area contributed by atoms with Crippen LogP contribution in [0.15, 0.2) is 59.6 Å². The van der Waals surface area contributed by atoms with Crippen molar-refractivity contribution >= 4 is 50.1 Å². The molecule has 0 bridgehead atoms. The van der Waals surface area contributed by atoms with Crippen LogP contribution in [0.25, 0.3) is 10.9 Å². The molecule has 0 spiro atoms. The third-order valence-electron chi connectivity index (χ3n) is 5.48. The van der Waals surface area contributed by atoms with Gasteiger partial charge in [0.1, 0.15) is 6.10 Å². The Morgan fingerprint density at radius 1 is 1.11 bits per heavy atom. The number of aryl methyl sites for hydroxylation is 1. The standard InChI is InChI=1S/C23H15Cl2F3N2O5S/c1-11-7-12(23(26,27)28)8-16-14(11)9-17(30(16)36(34,35)13-5-3-2-4-6-13)21(31)18-15(24)10-29-20(19(18)25)22(32)33/h2-10,21,31H,1H3,(H,32,33). The van der Waals surface area contributed by atoms with E-state index < -0.39 is 50.2 Å². The van der Waals surface area contributed by atoms with E-state index in [9.17, 15) is 36.6 Å². The molecule has 2 heterocycles. The maximum Gasteiger partial charge on any atom is 0.416 e. The largest absolute Gasteiger partial charge is 0.476 e. The molecule has 1 atom stereocenters. The molecule has 13 heteroatoms. The van der Waals surface area contributed by atoms with Crippen molar-refractivity contribution in [2.45, 2.75) is 24.1 Å². The van der Waals surface area contributed by atoms with Crippen molar-refractivity contribution in [2.24, 2.45) is 0 Å². The molecule has 0 aliphatic rings. The number of fused-ring (bicyclic) bond motifs is 1. The fourth-order valence-corrected chi connectivity index (χ4v) is 6.01. The van der Waals surface area contributed by atoms with Crippen LogP contribution < -0.4 is 0 Å². The number of aromatic carboxylic acids is 1. The first-order valence-electron chi connectivity index (χ1n) is 10.0. The Morgan fingerprint density at radius 3 is 2.33 bits per heavy atom. The van der Waals surface area contributed by atoms with Crippen LogP contribution in [-0.4, -0.2) is 33.6 Å². The van der Waals surface area contributed by atoms with Crippen molar-refractivity contribution in [1.29, 1.82) is 0 Å². The van der Waals surface area contributed by atoms with Gasteiger partial charge in [0.25, 0.3) is 10.0 Å². The number of aliphatic hydroxyl groups excluding tert-OH is 1. The van der Waals surface area contributed by atoms with Crippen LogP contribution in [0.5, 0.6) is 0 Å². The predicted octanol–water partition coefficient (Wildman–Crippen LogP) is 5.69. The molecule has 0 saturated carbocycles. The second kappa shape index (κ2) is 9.07. The maximum absolute atomic E-state index is 13.7. The third-order valence-corrected chi connectivity index (χ3v) is 7.92. The van der Waals surface area contributed by atoms with E-state index in [2.05, 4.69) is 4.98 Å². The van der Waals surface area contributed by atoms with Gasteiger partial charge in [0.2, 0.25) is 0 Å². The van der Waals surface area contributed by atoms with Gasteiger partial charge in [-0.1, -0.05) is 41.4 Å². The fourth-order valence-electron chi connectivity index (χ4n) is 3.83. The molecule has 4 aromatic rings. The van der Waals surface area contributed by atoms with E-state index in [4.69, 9.17) is 23.2 Å². The van der Waals surface area contributed by atoms with E-state index in [1.54, 1.807) is 6.07 Å². The zero-order valence-electron chi connectivity index (χ0n) is 18.1. The first-order chi connectivity index (χ1) is 16.7. The van der Waals surface area contributed by atoms with Gasteiger partial charge in [-0.25, -0.2) is 22.2 Å². The Morgan fingerprint density at radius 2 is 1.75 bits per heavy atom. The molecule has 0 aliphatic heterocycles. The zero-order valence-corrected chi connectivity index (χ0v) is 20.4. The number of carbonyl (C=O) groups is 1. The highest BCUT2D eigenvalue weighted by atomic mass is 35.5. The number of alkyl halides is 3. The number of nitrogens with zero attached hydrogens (tertiary/aromatic N) is 2. The summed E-state index contributed by atoms with van der Waals surface area (Å²) in [5.41, 5.74) is -2.77. The molecule has 1 unspecified atom stereocenters. The molecule has 2 aromatic carbocycles. The van der Waals surface area contributed by atoms with Crippen molar-refractivity contribution in [2.75, 3.05) is 0 Å². The van der Waals surface area contributed by atoms with Crippen LogP contribution in [0, 0.1) is 6.92 Å². The zero-order chi connectivity index (χ0) is 26.6. The lowest BCUT2D eigenvalue weighted by Gasteiger charge is -2.19. The Balaban J connectivity index is 2.11. The summed E-state index contributed by atoms with van der Waals surface area (Å²) >= 11 is 12.3. The van der Waals surface area contributed by atoms with Crippen LogP contribution in [0.2, 0.25) is 10.0 Å². The van der Waals surface area contributed by atoms with Crippen molar-refractivity contribution < 1.29 is 36.6 Å². The van der Waals surface area contributed by atoms with E-state index in [0.717, 1.165) is 12.3 Å². The number of rotatable bonds is 5. The van der Waals surface area contributed by atoms with Gasteiger partial charge in [-0.15, -0.1) is 0 Å². The molecule has 7 nitrogen and oxygen atoms in total. The average Bonchev–Trinajstić information content (AvgIpc) is 3.20. The highest BCUT2D eigenvalue weighted by Gasteiger charge is 2.35. The summed E-state index contributed by atoms with van der Waals surface area (Å²) in [5, 5.41) is 19.9. The molecule has 0 amide bonds. The topological polar surface area (TPSA) is 109 Å². The van der Waals surface area contributed by atoms with Crippen molar-refractivity contribution in [3.63, 3.8) is 0 Å². The summed E-state index contributed by atoms with van der Waals surface area (Å²) in [4.78, 5) is 14.8. The van der Waals surface area contributed by atoms with E-state index in [0.29, 0.717) is 10.0 Å². The molecule has 4 rings (SSSR count). The van der Waals surface area contributed by atoms with Gasteiger partial charge in [0, 0.05) is 17.1 Å². The van der Waals surface area contributed by atoms with Gasteiger partial charge in [-0.2, -0.15) is 13.2 Å². The minimum atomic E-state index is -4.78. The maximum atomic E-state index is 13.7. The average molecular weight is 559 g/mol. The van der Waals surface area contributed by atoms with Crippen LogP contribution >= 0.6 is 23.2 Å². The molecule has 2 N–H and O–H groups in total. The second-order valence-corrected chi connectivity index (χ2v) is 10.3. The van der Waals surface area contributed by atoms with Crippen molar-refractivity contribution in [3.05, 3.63) is 92.9 Å². The number of hydrogen-bond acceptors (Lipinski definition) is 5. The lowest BCUT2D eigenvalue weighted by atomic mass is 10.0. The van der Waals surface area contributed by atoms with Gasteiger partial charge < -0.3 is 10.2 Å². The summed E-state index contributed by atoms with van der Waals surface area (Å²) in [7, 11) is -4.57. The number of halogens is 5. The van der Waals surface area contributed by atoms with E-state index in [1.807, 2.05) is 0 Å². The van der Waals surface area contributed by atoms with Crippen molar-refractivity contribution in [1.82, 2.24) is 8.96 Å². The predicted molar refractivity (Wildman–Crippen MR) is 126 cm³/mol. The van der Waals surface area contributed by atoms with Gasteiger partial charge >= 0.3 is 12.1 Å². The summed E-state index contributed by atoms with van der Waals surface area (Å²) < 4.78 is 68.7. The second-order valence-electron chi connectivity index (χ2n) is 7.77. The molecule has 0 aliphatic carbocycles. The highest BCUT2D eigenvalue weighted by molar-refractivity contribution is 7.90. The number of carboxylic acid groups (broad SMARTS) is 1. The lowest BCUT2D eigenvalue weighted by Crippen LogP contribution is -2.19.